The van der Waals surface area contributed by atoms with Gasteiger partial charge in [0.05, 0.1) is 12.2 Å². The molecule has 0 spiro atoms. The third-order valence-electron chi connectivity index (χ3n) is 5.22. The van der Waals surface area contributed by atoms with Crippen molar-refractivity contribution in [2.45, 2.75) is 31.6 Å². The fourth-order valence-corrected chi connectivity index (χ4v) is 4.95. The molecule has 8 nitrogen and oxygen atoms in total. The largest absolute Gasteiger partial charge is 0.462 e. The van der Waals surface area contributed by atoms with Gasteiger partial charge >= 0.3 is 5.97 Å². The number of benzene rings is 1. The second-order valence-corrected chi connectivity index (χ2v) is 9.45. The van der Waals surface area contributed by atoms with Crippen molar-refractivity contribution in [1.82, 2.24) is 8.87 Å². The summed E-state index contributed by atoms with van der Waals surface area (Å²) in [4.78, 5) is 24.7. The smallest absolute Gasteiger partial charge is 0.338 e. The molecule has 0 unspecified atom stereocenters. The Balaban J connectivity index is 1.77. The van der Waals surface area contributed by atoms with E-state index in [1.54, 1.807) is 32.2 Å². The molecule has 30 heavy (non-hydrogen) atoms. The number of carbonyl (C=O) groups excluding carboxylic acids is 2. The molecule has 1 aliphatic rings. The summed E-state index contributed by atoms with van der Waals surface area (Å²) in [5.41, 5.74) is 0.950. The molecule has 2 aromatic rings. The number of esters is 1. The van der Waals surface area contributed by atoms with Crippen LogP contribution >= 0.6 is 0 Å². The van der Waals surface area contributed by atoms with E-state index in [4.69, 9.17) is 4.74 Å². The first-order valence-corrected chi connectivity index (χ1v) is 11.4. The number of nitrogens with zero attached hydrogens (tertiary/aromatic N) is 2. The van der Waals surface area contributed by atoms with Crippen molar-refractivity contribution in [3.63, 3.8) is 0 Å². The normalized spacial score (nSPS) is 15.7. The quantitative estimate of drug-likeness (QED) is 0.707. The zero-order chi connectivity index (χ0) is 21.9. The minimum atomic E-state index is -3.65. The van der Waals surface area contributed by atoms with Crippen molar-refractivity contribution in [3.8, 4) is 0 Å². The van der Waals surface area contributed by atoms with Gasteiger partial charge < -0.3 is 14.6 Å². The van der Waals surface area contributed by atoms with Crippen molar-refractivity contribution in [2.24, 2.45) is 13.0 Å². The number of anilines is 1. The van der Waals surface area contributed by atoms with Gasteiger partial charge in [-0.2, -0.15) is 4.31 Å². The van der Waals surface area contributed by atoms with E-state index in [2.05, 4.69) is 12.2 Å². The molecule has 1 aromatic heterocycles. The first-order chi connectivity index (χ1) is 14.2. The summed E-state index contributed by atoms with van der Waals surface area (Å²) < 4.78 is 33.8. The summed E-state index contributed by atoms with van der Waals surface area (Å²) in [7, 11) is -2.02. The van der Waals surface area contributed by atoms with Crippen LogP contribution in [0.5, 0.6) is 0 Å². The Bertz CT molecular complexity index is 1040. The number of hydrogen-bond acceptors (Lipinski definition) is 5. The van der Waals surface area contributed by atoms with E-state index in [0.29, 0.717) is 30.3 Å². The molecule has 0 atom stereocenters. The fourth-order valence-electron chi connectivity index (χ4n) is 3.41. The number of aryl methyl sites for hydroxylation is 1. The maximum Gasteiger partial charge on any atom is 0.338 e. The number of amides is 1. The van der Waals surface area contributed by atoms with Gasteiger partial charge in [-0.05, 0) is 49.9 Å². The second kappa shape index (κ2) is 9.01. The molecule has 0 saturated carbocycles. The predicted octanol–water partition coefficient (Wildman–Crippen LogP) is 2.87. The third-order valence-corrected chi connectivity index (χ3v) is 7.09. The highest BCUT2D eigenvalue weighted by Crippen LogP contribution is 2.25. The standard InChI is InChI=1S/C21H27N3O5S/c1-4-29-21(26)16-6-5-7-17(12-16)22-20(25)19-13-18(14-23(19)3)30(27,28)24-10-8-15(2)9-11-24/h5-7,12-15H,4,8-11H2,1-3H3,(H,22,25). The van der Waals surface area contributed by atoms with E-state index < -0.39 is 21.9 Å². The lowest BCUT2D eigenvalue weighted by molar-refractivity contribution is 0.0526. The monoisotopic (exact) mass is 433 g/mol. The van der Waals surface area contributed by atoms with E-state index in [-0.39, 0.29) is 17.2 Å². The zero-order valence-corrected chi connectivity index (χ0v) is 18.2. The summed E-state index contributed by atoms with van der Waals surface area (Å²) in [6.07, 6.45) is 3.11. The Kier molecular flexibility index (Phi) is 6.62. The number of ether oxygens (including phenoxy) is 1. The number of carbonyl (C=O) groups is 2. The van der Waals surface area contributed by atoms with Crippen molar-refractivity contribution in [3.05, 3.63) is 47.8 Å². The lowest BCUT2D eigenvalue weighted by Gasteiger charge is -2.29. The van der Waals surface area contributed by atoms with Crippen LogP contribution in [0.2, 0.25) is 0 Å². The highest BCUT2D eigenvalue weighted by molar-refractivity contribution is 7.89. The first kappa shape index (κ1) is 22.0. The van der Waals surface area contributed by atoms with Gasteiger partial charge in [-0.25, -0.2) is 13.2 Å². The average molecular weight is 434 g/mol. The Labute approximate surface area is 176 Å². The lowest BCUT2D eigenvalue weighted by atomic mass is 10.0. The number of hydrogen-bond donors (Lipinski definition) is 1. The van der Waals surface area contributed by atoms with Gasteiger partial charge in [0.15, 0.2) is 0 Å². The molecular formula is C21H27N3O5S. The minimum Gasteiger partial charge on any atom is -0.462 e. The van der Waals surface area contributed by atoms with Crippen LogP contribution in [0.1, 0.15) is 47.5 Å². The molecular weight excluding hydrogens is 406 g/mol. The van der Waals surface area contributed by atoms with E-state index in [0.717, 1.165) is 12.8 Å². The van der Waals surface area contributed by atoms with Gasteiger partial charge in [-0.3, -0.25) is 4.79 Å². The maximum absolute atomic E-state index is 13.0. The van der Waals surface area contributed by atoms with Gasteiger partial charge in [0, 0.05) is 32.0 Å². The topological polar surface area (TPSA) is 97.7 Å². The molecule has 1 aliphatic heterocycles. The Morgan fingerprint density at radius 3 is 2.57 bits per heavy atom. The molecule has 1 N–H and O–H groups in total. The minimum absolute atomic E-state index is 0.102. The number of nitrogens with one attached hydrogen (secondary N) is 1. The molecule has 1 saturated heterocycles. The van der Waals surface area contributed by atoms with Gasteiger partial charge in [0.2, 0.25) is 10.0 Å². The molecule has 162 valence electrons. The molecule has 9 heteroatoms. The van der Waals surface area contributed by atoms with Crippen LogP contribution in [0.4, 0.5) is 5.69 Å². The van der Waals surface area contributed by atoms with Crippen molar-refractivity contribution in [2.75, 3.05) is 25.0 Å². The molecule has 2 heterocycles. The summed E-state index contributed by atoms with van der Waals surface area (Å²) >= 11 is 0. The summed E-state index contributed by atoms with van der Waals surface area (Å²) in [6.45, 7) is 5.06. The van der Waals surface area contributed by atoms with Gasteiger partial charge in [-0.15, -0.1) is 0 Å². The van der Waals surface area contributed by atoms with Crippen LogP contribution in [0.25, 0.3) is 0 Å². The van der Waals surface area contributed by atoms with Crippen LogP contribution in [0, 0.1) is 5.92 Å². The van der Waals surface area contributed by atoms with Gasteiger partial charge in [0.1, 0.15) is 10.6 Å². The first-order valence-electron chi connectivity index (χ1n) is 9.97. The van der Waals surface area contributed by atoms with E-state index in [1.807, 2.05) is 0 Å². The highest BCUT2D eigenvalue weighted by Gasteiger charge is 2.30. The van der Waals surface area contributed by atoms with Crippen LogP contribution in [-0.2, 0) is 21.8 Å². The SMILES string of the molecule is CCOC(=O)c1cccc(NC(=O)c2cc(S(=O)(=O)N3CCC(C)CC3)cn2C)c1. The van der Waals surface area contributed by atoms with Crippen LogP contribution in [0.3, 0.4) is 0 Å². The Morgan fingerprint density at radius 1 is 1.20 bits per heavy atom. The lowest BCUT2D eigenvalue weighted by Crippen LogP contribution is -2.37. The van der Waals surface area contributed by atoms with E-state index in [1.165, 1.54) is 27.2 Å². The van der Waals surface area contributed by atoms with Gasteiger partial charge in [-0.1, -0.05) is 13.0 Å². The highest BCUT2D eigenvalue weighted by atomic mass is 32.2. The fraction of sp³-hybridized carbons (Fsp3) is 0.429. The summed E-state index contributed by atoms with van der Waals surface area (Å²) in [6, 6.07) is 7.79. The summed E-state index contributed by atoms with van der Waals surface area (Å²) in [5.74, 6) is -0.428. The van der Waals surface area contributed by atoms with Crippen molar-refractivity contribution >= 4 is 27.6 Å². The average Bonchev–Trinajstić information content (AvgIpc) is 3.11. The Morgan fingerprint density at radius 2 is 1.90 bits per heavy atom. The number of rotatable bonds is 6. The van der Waals surface area contributed by atoms with E-state index >= 15 is 0 Å². The predicted molar refractivity (Wildman–Crippen MR) is 113 cm³/mol. The number of sulfonamides is 1. The van der Waals surface area contributed by atoms with Crippen LogP contribution in [-0.4, -0.2) is 48.9 Å². The van der Waals surface area contributed by atoms with Crippen molar-refractivity contribution in [1.29, 1.82) is 0 Å². The Hall–Kier alpha value is -2.65. The number of piperidine rings is 1. The molecule has 3 rings (SSSR count). The van der Waals surface area contributed by atoms with Gasteiger partial charge in [0.25, 0.3) is 5.91 Å². The maximum atomic E-state index is 13.0. The molecule has 1 fully saturated rings. The zero-order valence-electron chi connectivity index (χ0n) is 17.4. The van der Waals surface area contributed by atoms with Crippen LogP contribution < -0.4 is 5.32 Å². The van der Waals surface area contributed by atoms with Crippen molar-refractivity contribution < 1.29 is 22.7 Å². The van der Waals surface area contributed by atoms with E-state index in [9.17, 15) is 18.0 Å². The third kappa shape index (κ3) is 4.73. The molecule has 1 amide bonds. The number of aromatic nitrogens is 1. The molecule has 0 radical (unpaired) electrons. The molecule has 0 bridgehead atoms. The summed E-state index contributed by atoms with van der Waals surface area (Å²) in [5, 5.41) is 2.71. The second-order valence-electron chi connectivity index (χ2n) is 7.51. The van der Waals surface area contributed by atoms with Crippen LogP contribution in [0.15, 0.2) is 41.4 Å². The molecule has 1 aromatic carbocycles. The molecule has 0 aliphatic carbocycles.